The number of nitrogens with one attached hydrogen (secondary N) is 3. The van der Waals surface area contributed by atoms with E-state index >= 15 is 0 Å². The predicted molar refractivity (Wildman–Crippen MR) is 130 cm³/mol. The zero-order valence-corrected chi connectivity index (χ0v) is 21.2. The molecule has 8 nitrogen and oxygen atoms in total. The monoisotopic (exact) mass is 549 g/mol. The number of aromatic nitrogens is 1. The molecule has 0 atom stereocenters. The van der Waals surface area contributed by atoms with E-state index in [1.807, 2.05) is 30.3 Å². The molecule has 0 saturated heterocycles. The van der Waals surface area contributed by atoms with Gasteiger partial charge in [0.1, 0.15) is 0 Å². The number of guanidine groups is 1. The molecular weight excluding hydrogens is 517 g/mol. The van der Waals surface area contributed by atoms with E-state index in [4.69, 9.17) is 4.52 Å². The van der Waals surface area contributed by atoms with Crippen LogP contribution in [-0.2, 0) is 28.9 Å². The number of halogens is 1. The number of rotatable bonds is 9. The number of sulfonamides is 1. The molecular formula is C20H32IN5O3S. The summed E-state index contributed by atoms with van der Waals surface area (Å²) in [7, 11) is -1.62. The second kappa shape index (κ2) is 12.3. The maximum atomic E-state index is 12.0. The first-order chi connectivity index (χ1) is 13.7. The number of nitrogens with zero attached hydrogens (tertiary/aromatic N) is 2. The fourth-order valence-corrected chi connectivity index (χ4v) is 4.07. The van der Waals surface area contributed by atoms with Gasteiger partial charge in [0.2, 0.25) is 10.0 Å². The van der Waals surface area contributed by atoms with Crippen LogP contribution in [-0.4, -0.2) is 32.6 Å². The van der Waals surface area contributed by atoms with Gasteiger partial charge in [-0.2, -0.15) is 0 Å². The Morgan fingerprint density at radius 2 is 1.67 bits per heavy atom. The van der Waals surface area contributed by atoms with Crippen LogP contribution in [0.4, 0.5) is 0 Å². The van der Waals surface area contributed by atoms with Crippen molar-refractivity contribution < 1.29 is 12.9 Å². The molecule has 168 valence electrons. The molecule has 2 aromatic rings. The van der Waals surface area contributed by atoms with Crippen molar-refractivity contribution in [2.45, 2.75) is 58.5 Å². The van der Waals surface area contributed by atoms with Crippen LogP contribution in [0.3, 0.4) is 0 Å². The zero-order valence-electron chi connectivity index (χ0n) is 18.1. The number of benzene rings is 1. The SMILES string of the molecule is CN=C(NCc1ccc(CS(=O)(=O)NC(C)C)cc1)NCc1cc(C(C)C)no1.I. The Kier molecular flexibility index (Phi) is 10.8. The molecule has 0 aliphatic carbocycles. The van der Waals surface area contributed by atoms with Gasteiger partial charge >= 0.3 is 0 Å². The maximum absolute atomic E-state index is 12.0. The van der Waals surface area contributed by atoms with Crippen LogP contribution < -0.4 is 15.4 Å². The molecule has 0 aliphatic rings. The molecule has 0 radical (unpaired) electrons. The van der Waals surface area contributed by atoms with Gasteiger partial charge in [-0.25, -0.2) is 13.1 Å². The van der Waals surface area contributed by atoms with Gasteiger partial charge in [0.25, 0.3) is 0 Å². The van der Waals surface area contributed by atoms with E-state index in [1.165, 1.54) is 0 Å². The average molecular weight is 549 g/mol. The van der Waals surface area contributed by atoms with Crippen LogP contribution in [0.15, 0.2) is 39.8 Å². The third-order valence-corrected chi connectivity index (χ3v) is 5.62. The lowest BCUT2D eigenvalue weighted by Crippen LogP contribution is -2.36. The number of aliphatic imine (C=N–C) groups is 1. The first-order valence-electron chi connectivity index (χ1n) is 9.66. The van der Waals surface area contributed by atoms with Crippen LogP contribution in [0.5, 0.6) is 0 Å². The molecule has 0 saturated carbocycles. The van der Waals surface area contributed by atoms with E-state index in [0.29, 0.717) is 25.0 Å². The highest BCUT2D eigenvalue weighted by molar-refractivity contribution is 14.0. The van der Waals surface area contributed by atoms with Gasteiger partial charge in [0.15, 0.2) is 11.7 Å². The van der Waals surface area contributed by atoms with Crippen molar-refractivity contribution in [3.05, 3.63) is 52.9 Å². The third kappa shape index (κ3) is 9.00. The Bertz CT molecular complexity index is 909. The smallest absolute Gasteiger partial charge is 0.216 e. The van der Waals surface area contributed by atoms with Crippen LogP contribution in [0.25, 0.3) is 0 Å². The topological polar surface area (TPSA) is 109 Å². The number of hydrogen-bond donors (Lipinski definition) is 3. The van der Waals surface area contributed by atoms with Crippen molar-refractivity contribution >= 4 is 40.0 Å². The summed E-state index contributed by atoms with van der Waals surface area (Å²) < 4.78 is 31.9. The van der Waals surface area contributed by atoms with Crippen molar-refractivity contribution in [2.24, 2.45) is 4.99 Å². The average Bonchev–Trinajstić information content (AvgIpc) is 3.11. The molecule has 10 heteroatoms. The standard InChI is InChI=1S/C20H31N5O3S.HI/c1-14(2)19-10-18(28-24-19)12-23-20(21-5)22-11-16-6-8-17(9-7-16)13-29(26,27)25-15(3)4;/h6-10,14-15,25H,11-13H2,1-5H3,(H2,21,22,23);1H. The van der Waals surface area contributed by atoms with Gasteiger partial charge in [-0.1, -0.05) is 43.3 Å². The van der Waals surface area contributed by atoms with Crippen LogP contribution in [0.1, 0.15) is 56.2 Å². The minimum Gasteiger partial charge on any atom is -0.359 e. The van der Waals surface area contributed by atoms with Crippen molar-refractivity contribution in [3.8, 4) is 0 Å². The van der Waals surface area contributed by atoms with Crippen LogP contribution in [0, 0.1) is 0 Å². The molecule has 1 heterocycles. The molecule has 3 N–H and O–H groups in total. The highest BCUT2D eigenvalue weighted by atomic mass is 127. The first kappa shape index (κ1) is 26.4. The molecule has 0 amide bonds. The Balaban J connectivity index is 0.00000450. The van der Waals surface area contributed by atoms with Crippen LogP contribution in [0.2, 0.25) is 0 Å². The largest absolute Gasteiger partial charge is 0.359 e. The Morgan fingerprint density at radius 3 is 2.20 bits per heavy atom. The lowest BCUT2D eigenvalue weighted by molar-refractivity contribution is 0.372. The minimum absolute atomic E-state index is 0. The second-order valence-corrected chi connectivity index (χ2v) is 9.25. The fraction of sp³-hybridized carbons (Fsp3) is 0.500. The van der Waals surface area contributed by atoms with E-state index in [2.05, 4.69) is 39.4 Å². The summed E-state index contributed by atoms with van der Waals surface area (Å²) in [4.78, 5) is 4.20. The summed E-state index contributed by atoms with van der Waals surface area (Å²) >= 11 is 0. The third-order valence-electron chi connectivity index (χ3n) is 4.08. The molecule has 2 rings (SSSR count). The summed E-state index contributed by atoms with van der Waals surface area (Å²) in [5.41, 5.74) is 2.69. The van der Waals surface area contributed by atoms with Gasteiger partial charge in [-0.05, 0) is 30.9 Å². The summed E-state index contributed by atoms with van der Waals surface area (Å²) in [5, 5.41) is 10.5. The van der Waals surface area contributed by atoms with E-state index in [1.54, 1.807) is 20.9 Å². The van der Waals surface area contributed by atoms with Crippen molar-refractivity contribution in [1.29, 1.82) is 0 Å². The maximum Gasteiger partial charge on any atom is 0.216 e. The van der Waals surface area contributed by atoms with E-state index < -0.39 is 10.0 Å². The zero-order chi connectivity index (χ0) is 21.4. The Hall–Kier alpha value is -1.66. The van der Waals surface area contributed by atoms with Gasteiger partial charge in [-0.15, -0.1) is 24.0 Å². The van der Waals surface area contributed by atoms with Gasteiger partial charge in [0.05, 0.1) is 18.0 Å². The summed E-state index contributed by atoms with van der Waals surface area (Å²) in [6.07, 6.45) is 0. The molecule has 0 spiro atoms. The summed E-state index contributed by atoms with van der Waals surface area (Å²) in [6, 6.07) is 9.30. The highest BCUT2D eigenvalue weighted by Crippen LogP contribution is 2.13. The Morgan fingerprint density at radius 1 is 1.07 bits per heavy atom. The fourth-order valence-electron chi connectivity index (χ4n) is 2.64. The van der Waals surface area contributed by atoms with Crippen molar-refractivity contribution in [1.82, 2.24) is 20.5 Å². The van der Waals surface area contributed by atoms with E-state index in [0.717, 1.165) is 22.6 Å². The van der Waals surface area contributed by atoms with Gasteiger partial charge in [-0.3, -0.25) is 4.99 Å². The molecule has 0 fully saturated rings. The normalized spacial score (nSPS) is 12.2. The summed E-state index contributed by atoms with van der Waals surface area (Å²) in [5.74, 6) is 1.68. The molecule has 0 unspecified atom stereocenters. The van der Waals surface area contributed by atoms with Crippen LogP contribution >= 0.6 is 24.0 Å². The lowest BCUT2D eigenvalue weighted by atomic mass is 10.1. The molecule has 0 bridgehead atoms. The Labute approximate surface area is 196 Å². The number of hydrogen-bond acceptors (Lipinski definition) is 5. The van der Waals surface area contributed by atoms with Gasteiger partial charge < -0.3 is 15.2 Å². The van der Waals surface area contributed by atoms with Crippen molar-refractivity contribution in [3.63, 3.8) is 0 Å². The van der Waals surface area contributed by atoms with Crippen molar-refractivity contribution in [2.75, 3.05) is 7.05 Å². The van der Waals surface area contributed by atoms with Gasteiger partial charge in [0, 0.05) is 25.7 Å². The first-order valence-corrected chi connectivity index (χ1v) is 11.3. The molecule has 0 aliphatic heterocycles. The predicted octanol–water partition coefficient (Wildman–Crippen LogP) is 3.11. The quantitative estimate of drug-likeness (QED) is 0.252. The summed E-state index contributed by atoms with van der Waals surface area (Å²) in [6.45, 7) is 8.79. The lowest BCUT2D eigenvalue weighted by Gasteiger charge is -2.12. The minimum atomic E-state index is -3.32. The molecule has 30 heavy (non-hydrogen) atoms. The highest BCUT2D eigenvalue weighted by Gasteiger charge is 2.13. The van der Waals surface area contributed by atoms with E-state index in [-0.39, 0.29) is 35.8 Å². The van der Waals surface area contributed by atoms with E-state index in [9.17, 15) is 8.42 Å². The molecule has 1 aromatic carbocycles. The second-order valence-electron chi connectivity index (χ2n) is 7.50. The molecule has 1 aromatic heterocycles.